The third kappa shape index (κ3) is 3.65. The van der Waals surface area contributed by atoms with Crippen LogP contribution in [0.5, 0.6) is 0 Å². The van der Waals surface area contributed by atoms with Crippen molar-refractivity contribution in [3.05, 3.63) is 47.8 Å². The maximum absolute atomic E-state index is 12.9. The maximum atomic E-state index is 12.9. The van der Waals surface area contributed by atoms with Gasteiger partial charge in [0.25, 0.3) is 5.91 Å². The topological polar surface area (TPSA) is 78.4 Å². The molecular weight excluding hydrogens is 313 g/mol. The van der Waals surface area contributed by atoms with Crippen LogP contribution in [-0.4, -0.2) is 53.6 Å². The van der Waals surface area contributed by atoms with E-state index >= 15 is 0 Å². The zero-order chi connectivity index (χ0) is 16.9. The molecule has 1 N–H and O–H groups in total. The lowest BCUT2D eigenvalue weighted by molar-refractivity contribution is -0.118. The van der Waals surface area contributed by atoms with Crippen LogP contribution < -0.4 is 10.2 Å². The van der Waals surface area contributed by atoms with Gasteiger partial charge in [-0.2, -0.15) is 0 Å². The molecule has 0 unspecified atom stereocenters. The number of carbonyl (C=O) groups is 2. The van der Waals surface area contributed by atoms with E-state index < -0.39 is 5.82 Å². The third-order valence-corrected chi connectivity index (χ3v) is 3.79. The van der Waals surface area contributed by atoms with Crippen molar-refractivity contribution in [2.45, 2.75) is 0 Å². The van der Waals surface area contributed by atoms with Crippen LogP contribution in [0.4, 0.5) is 16.0 Å². The zero-order valence-electron chi connectivity index (χ0n) is 12.9. The Morgan fingerprint density at radius 2 is 1.75 bits per heavy atom. The molecular formula is C16H16FN5O2. The summed E-state index contributed by atoms with van der Waals surface area (Å²) in [6, 6.07) is 8.68. The Bertz CT molecular complexity index is 712. The van der Waals surface area contributed by atoms with Gasteiger partial charge in [-0.25, -0.2) is 4.39 Å². The number of rotatable bonds is 4. The van der Waals surface area contributed by atoms with Crippen molar-refractivity contribution in [3.8, 4) is 0 Å². The van der Waals surface area contributed by atoms with Crippen LogP contribution in [0.25, 0.3) is 0 Å². The monoisotopic (exact) mass is 329 g/mol. The Hall–Kier alpha value is -3.03. The number of anilines is 2. The van der Waals surface area contributed by atoms with Gasteiger partial charge in [0.15, 0.2) is 11.6 Å². The number of carbonyl (C=O) groups excluding carboxylic acids is 2. The van der Waals surface area contributed by atoms with Gasteiger partial charge in [-0.05, 0) is 36.4 Å². The number of hydrogen-bond acceptors (Lipinski definition) is 5. The molecule has 7 nitrogen and oxygen atoms in total. The molecule has 0 spiro atoms. The summed E-state index contributed by atoms with van der Waals surface area (Å²) in [7, 11) is 0. The Morgan fingerprint density at radius 1 is 1.04 bits per heavy atom. The first kappa shape index (κ1) is 15.9. The Kier molecular flexibility index (Phi) is 4.64. The highest BCUT2D eigenvalue weighted by atomic mass is 19.1. The van der Waals surface area contributed by atoms with Crippen molar-refractivity contribution in [3.63, 3.8) is 0 Å². The molecule has 1 aromatic carbocycles. The molecule has 0 atom stereocenters. The van der Waals surface area contributed by atoms with Crippen LogP contribution in [0.1, 0.15) is 10.4 Å². The van der Waals surface area contributed by atoms with E-state index in [0.29, 0.717) is 43.4 Å². The van der Waals surface area contributed by atoms with Gasteiger partial charge in [-0.3, -0.25) is 9.59 Å². The normalized spacial score (nSPS) is 14.4. The molecule has 2 amide bonds. The van der Waals surface area contributed by atoms with Crippen LogP contribution in [-0.2, 0) is 4.79 Å². The van der Waals surface area contributed by atoms with Gasteiger partial charge in [0.05, 0.1) is 0 Å². The summed E-state index contributed by atoms with van der Waals surface area (Å²) in [5, 5.41) is 10.7. The molecule has 1 aromatic heterocycles. The lowest BCUT2D eigenvalue weighted by Crippen LogP contribution is -2.46. The molecule has 8 heteroatoms. The van der Waals surface area contributed by atoms with Crippen LogP contribution in [0.2, 0.25) is 0 Å². The van der Waals surface area contributed by atoms with E-state index in [2.05, 4.69) is 15.5 Å². The van der Waals surface area contributed by atoms with Crippen molar-refractivity contribution >= 4 is 24.0 Å². The minimum Gasteiger partial charge on any atom is -0.352 e. The van der Waals surface area contributed by atoms with E-state index in [9.17, 15) is 14.0 Å². The van der Waals surface area contributed by atoms with Crippen LogP contribution in [0, 0.1) is 5.82 Å². The predicted molar refractivity (Wildman–Crippen MR) is 86.2 cm³/mol. The first-order valence-electron chi connectivity index (χ1n) is 7.50. The van der Waals surface area contributed by atoms with Gasteiger partial charge in [-0.15, -0.1) is 10.2 Å². The van der Waals surface area contributed by atoms with Crippen molar-refractivity contribution in [1.29, 1.82) is 0 Å². The molecule has 1 fully saturated rings. The molecule has 0 bridgehead atoms. The summed E-state index contributed by atoms with van der Waals surface area (Å²) in [4.78, 5) is 26.5. The Balaban J connectivity index is 1.61. The molecule has 2 heterocycles. The lowest BCUT2D eigenvalue weighted by Gasteiger charge is -2.32. The van der Waals surface area contributed by atoms with Gasteiger partial charge < -0.3 is 15.1 Å². The van der Waals surface area contributed by atoms with E-state index in [4.69, 9.17) is 0 Å². The summed E-state index contributed by atoms with van der Waals surface area (Å²) in [5.41, 5.74) is 0.340. The van der Waals surface area contributed by atoms with Gasteiger partial charge in [-0.1, -0.05) is 0 Å². The summed E-state index contributed by atoms with van der Waals surface area (Å²) < 4.78 is 12.9. The molecule has 1 saturated heterocycles. The number of piperazine rings is 1. The number of hydrogen-bond donors (Lipinski definition) is 1. The van der Waals surface area contributed by atoms with E-state index in [1.54, 1.807) is 17.0 Å². The average Bonchev–Trinajstić information content (AvgIpc) is 2.63. The highest BCUT2D eigenvalue weighted by Gasteiger charge is 2.17. The Labute approximate surface area is 138 Å². The quantitative estimate of drug-likeness (QED) is 0.851. The molecule has 24 heavy (non-hydrogen) atoms. The number of aromatic nitrogens is 2. The van der Waals surface area contributed by atoms with Gasteiger partial charge in [0, 0.05) is 31.7 Å². The number of nitrogens with one attached hydrogen (secondary N) is 1. The highest BCUT2D eigenvalue weighted by Crippen LogP contribution is 2.14. The first-order chi connectivity index (χ1) is 11.7. The Morgan fingerprint density at radius 3 is 2.33 bits per heavy atom. The summed E-state index contributed by atoms with van der Waals surface area (Å²) in [6.45, 7) is 2.67. The first-order valence-corrected chi connectivity index (χ1v) is 7.50. The fraction of sp³-hybridized carbons (Fsp3) is 0.250. The predicted octanol–water partition coefficient (Wildman–Crippen LogP) is 1.15. The van der Waals surface area contributed by atoms with Crippen molar-refractivity contribution in [1.82, 2.24) is 15.1 Å². The van der Waals surface area contributed by atoms with Gasteiger partial charge >= 0.3 is 0 Å². The highest BCUT2D eigenvalue weighted by molar-refractivity contribution is 6.03. The minimum absolute atomic E-state index is 0.319. The van der Waals surface area contributed by atoms with E-state index in [1.165, 1.54) is 24.3 Å². The number of nitrogens with zero attached hydrogens (tertiary/aromatic N) is 4. The third-order valence-electron chi connectivity index (χ3n) is 3.79. The molecule has 0 radical (unpaired) electrons. The van der Waals surface area contributed by atoms with Gasteiger partial charge in [0.2, 0.25) is 6.41 Å². The lowest BCUT2D eigenvalue weighted by atomic mass is 10.2. The van der Waals surface area contributed by atoms with Crippen molar-refractivity contribution in [2.24, 2.45) is 0 Å². The van der Waals surface area contributed by atoms with Crippen LogP contribution in [0.3, 0.4) is 0 Å². The minimum atomic E-state index is -0.398. The van der Waals surface area contributed by atoms with Crippen molar-refractivity contribution < 1.29 is 14.0 Å². The molecule has 1 aliphatic heterocycles. The SMILES string of the molecule is O=CN1CCN(c2ccc(NC(=O)c3ccc(F)cc3)nn2)CC1. The second-order valence-corrected chi connectivity index (χ2v) is 5.37. The number of benzene rings is 1. The summed E-state index contributed by atoms with van der Waals surface area (Å²) in [6.07, 6.45) is 0.844. The summed E-state index contributed by atoms with van der Waals surface area (Å²) in [5.74, 6) is 0.238. The molecule has 2 aromatic rings. The zero-order valence-corrected chi connectivity index (χ0v) is 12.9. The van der Waals surface area contributed by atoms with E-state index in [0.717, 1.165) is 6.41 Å². The smallest absolute Gasteiger partial charge is 0.256 e. The average molecular weight is 329 g/mol. The van der Waals surface area contributed by atoms with Crippen molar-refractivity contribution in [2.75, 3.05) is 36.4 Å². The van der Waals surface area contributed by atoms with E-state index in [-0.39, 0.29) is 5.91 Å². The van der Waals surface area contributed by atoms with E-state index in [1.807, 2.05) is 4.90 Å². The fourth-order valence-electron chi connectivity index (χ4n) is 2.41. The second-order valence-electron chi connectivity index (χ2n) is 5.37. The van der Waals surface area contributed by atoms with Gasteiger partial charge in [0.1, 0.15) is 5.82 Å². The van der Waals surface area contributed by atoms with Crippen LogP contribution in [0.15, 0.2) is 36.4 Å². The standard InChI is InChI=1S/C16H16FN5O2/c17-13-3-1-12(2-4-13)16(24)18-14-5-6-15(20-19-14)22-9-7-21(11-23)8-10-22/h1-6,11H,7-10H2,(H,18,19,24). The maximum Gasteiger partial charge on any atom is 0.256 e. The largest absolute Gasteiger partial charge is 0.352 e. The van der Waals surface area contributed by atoms with Crippen LogP contribution >= 0.6 is 0 Å². The molecule has 124 valence electrons. The summed E-state index contributed by atoms with van der Waals surface area (Å²) >= 11 is 0. The molecule has 0 saturated carbocycles. The second kappa shape index (κ2) is 7.03. The number of halogens is 1. The number of amides is 2. The fourth-order valence-corrected chi connectivity index (χ4v) is 2.41. The molecule has 0 aliphatic carbocycles. The molecule has 1 aliphatic rings. The molecule has 3 rings (SSSR count).